The highest BCUT2D eigenvalue weighted by Gasteiger charge is 2.01. The quantitative estimate of drug-likeness (QED) is 0.554. The average molecular weight is 304 g/mol. The van der Waals surface area contributed by atoms with Crippen molar-refractivity contribution in [2.75, 3.05) is 23.7 Å². The van der Waals surface area contributed by atoms with Crippen molar-refractivity contribution >= 4 is 11.9 Å². The lowest BCUT2D eigenvalue weighted by molar-refractivity contribution is 0.933. The monoisotopic (exact) mass is 304 g/mol. The number of hydrogen-bond acceptors (Lipinski definition) is 6. The van der Waals surface area contributed by atoms with Gasteiger partial charge in [0.2, 0.25) is 11.9 Å². The Kier molecular flexibility index (Phi) is 5.29. The molecule has 2 aromatic rings. The van der Waals surface area contributed by atoms with Gasteiger partial charge in [0.05, 0.1) is 0 Å². The zero-order chi connectivity index (χ0) is 15.9. The fourth-order valence-electron chi connectivity index (χ4n) is 1.91. The zero-order valence-corrected chi connectivity index (χ0v) is 12.7. The van der Waals surface area contributed by atoms with Gasteiger partial charge in [-0.1, -0.05) is 13.8 Å². The van der Waals surface area contributed by atoms with Crippen LogP contribution in [0.4, 0.5) is 11.9 Å². The molecule has 0 saturated heterocycles. The van der Waals surface area contributed by atoms with Crippen molar-refractivity contribution in [2.45, 2.75) is 26.7 Å². The van der Waals surface area contributed by atoms with Crippen molar-refractivity contribution in [1.82, 2.24) is 19.9 Å². The highest BCUT2D eigenvalue weighted by Crippen LogP contribution is 1.99. The third-order valence-electron chi connectivity index (χ3n) is 3.02. The Labute approximate surface area is 127 Å². The minimum absolute atomic E-state index is 0.177. The van der Waals surface area contributed by atoms with E-state index in [9.17, 15) is 9.59 Å². The van der Waals surface area contributed by atoms with Crippen LogP contribution in [0.5, 0.6) is 0 Å². The van der Waals surface area contributed by atoms with Crippen LogP contribution in [0.25, 0.3) is 0 Å². The molecular weight excluding hydrogens is 284 g/mol. The van der Waals surface area contributed by atoms with Crippen molar-refractivity contribution in [1.29, 1.82) is 0 Å². The number of H-pyrrole nitrogens is 2. The molecule has 118 valence electrons. The molecule has 0 atom stereocenters. The van der Waals surface area contributed by atoms with Gasteiger partial charge >= 0.3 is 0 Å². The maximum Gasteiger partial charge on any atom is 0.252 e. The molecule has 8 heteroatoms. The third-order valence-corrected chi connectivity index (χ3v) is 3.02. The minimum Gasteiger partial charge on any atom is -0.354 e. The second kappa shape index (κ2) is 7.39. The summed E-state index contributed by atoms with van der Waals surface area (Å²) in [6, 6.07) is 2.96. The first-order chi connectivity index (χ1) is 10.6. The Bertz CT molecular complexity index is 673. The summed E-state index contributed by atoms with van der Waals surface area (Å²) < 4.78 is 0. The summed E-state index contributed by atoms with van der Waals surface area (Å²) in [6.07, 6.45) is 1.40. The smallest absolute Gasteiger partial charge is 0.252 e. The van der Waals surface area contributed by atoms with Crippen LogP contribution in [0.1, 0.15) is 25.2 Å². The van der Waals surface area contributed by atoms with Crippen LogP contribution in [0.15, 0.2) is 21.7 Å². The molecule has 0 saturated carbocycles. The SMILES string of the molecule is CCc1cc(=O)[nH]c(NCCNc2nc(CC)cc(=O)[nH]2)n1. The Morgan fingerprint density at radius 3 is 1.64 bits per heavy atom. The molecule has 0 fully saturated rings. The summed E-state index contributed by atoms with van der Waals surface area (Å²) in [7, 11) is 0. The summed E-state index contributed by atoms with van der Waals surface area (Å²) in [5, 5.41) is 6.05. The fraction of sp³-hybridized carbons (Fsp3) is 0.429. The van der Waals surface area contributed by atoms with Gasteiger partial charge in [-0.15, -0.1) is 0 Å². The first-order valence-corrected chi connectivity index (χ1v) is 7.29. The highest BCUT2D eigenvalue weighted by molar-refractivity contribution is 5.28. The second-order valence-electron chi connectivity index (χ2n) is 4.73. The lowest BCUT2D eigenvalue weighted by atomic mass is 10.3. The van der Waals surface area contributed by atoms with E-state index in [0.29, 0.717) is 37.8 Å². The van der Waals surface area contributed by atoms with E-state index in [4.69, 9.17) is 0 Å². The number of aryl methyl sites for hydroxylation is 2. The average Bonchev–Trinajstić information content (AvgIpc) is 2.50. The zero-order valence-electron chi connectivity index (χ0n) is 12.7. The van der Waals surface area contributed by atoms with Gasteiger partial charge in [0.1, 0.15) is 0 Å². The van der Waals surface area contributed by atoms with Gasteiger partial charge in [-0.25, -0.2) is 9.97 Å². The molecule has 22 heavy (non-hydrogen) atoms. The summed E-state index contributed by atoms with van der Waals surface area (Å²) in [5.41, 5.74) is 1.12. The molecule has 0 bridgehead atoms. The lowest BCUT2D eigenvalue weighted by Gasteiger charge is -2.08. The molecule has 2 aromatic heterocycles. The topological polar surface area (TPSA) is 116 Å². The molecule has 4 N–H and O–H groups in total. The second-order valence-corrected chi connectivity index (χ2v) is 4.73. The normalized spacial score (nSPS) is 10.5. The third kappa shape index (κ3) is 4.44. The molecule has 2 rings (SSSR count). The maximum absolute atomic E-state index is 11.4. The van der Waals surface area contributed by atoms with E-state index in [-0.39, 0.29) is 11.1 Å². The fourth-order valence-corrected chi connectivity index (χ4v) is 1.91. The van der Waals surface area contributed by atoms with E-state index in [1.807, 2.05) is 13.8 Å². The summed E-state index contributed by atoms with van der Waals surface area (Å²) >= 11 is 0. The van der Waals surface area contributed by atoms with E-state index in [2.05, 4.69) is 30.6 Å². The van der Waals surface area contributed by atoms with Gasteiger partial charge in [-0.05, 0) is 12.8 Å². The molecule has 8 nitrogen and oxygen atoms in total. The molecule has 0 amide bonds. The molecule has 0 radical (unpaired) electrons. The number of nitrogens with one attached hydrogen (secondary N) is 4. The van der Waals surface area contributed by atoms with E-state index in [1.165, 1.54) is 12.1 Å². The van der Waals surface area contributed by atoms with Crippen LogP contribution in [-0.2, 0) is 12.8 Å². The molecule has 0 unspecified atom stereocenters. The standard InChI is InChI=1S/C14H20N6O2/c1-3-9-7-11(21)19-13(17-9)15-5-6-16-14-18-10(4-2)8-12(22)20-14/h7-8H,3-6H2,1-2H3,(H2,15,17,19,21)(H2,16,18,20,22). The van der Waals surface area contributed by atoms with Crippen LogP contribution in [0, 0.1) is 0 Å². The molecule has 0 aromatic carbocycles. The van der Waals surface area contributed by atoms with Gasteiger partial charge in [0, 0.05) is 36.6 Å². The number of anilines is 2. The number of rotatable bonds is 7. The molecule has 0 aliphatic carbocycles. The molecule has 2 heterocycles. The van der Waals surface area contributed by atoms with Crippen molar-refractivity contribution in [2.24, 2.45) is 0 Å². The summed E-state index contributed by atoms with van der Waals surface area (Å²) in [6.45, 7) is 4.93. The van der Waals surface area contributed by atoms with Gasteiger partial charge < -0.3 is 10.6 Å². The first kappa shape index (κ1) is 15.7. The Balaban J connectivity index is 1.89. The van der Waals surface area contributed by atoms with E-state index in [1.54, 1.807) is 0 Å². The molecule has 0 spiro atoms. The number of aromatic amines is 2. The van der Waals surface area contributed by atoms with Crippen LogP contribution in [0.3, 0.4) is 0 Å². The van der Waals surface area contributed by atoms with Crippen LogP contribution in [-0.4, -0.2) is 33.0 Å². The Morgan fingerprint density at radius 2 is 1.27 bits per heavy atom. The Hall–Kier alpha value is -2.64. The Morgan fingerprint density at radius 1 is 0.864 bits per heavy atom. The molecular formula is C14H20N6O2. The number of hydrogen-bond donors (Lipinski definition) is 4. The largest absolute Gasteiger partial charge is 0.354 e. The molecule has 0 aliphatic rings. The van der Waals surface area contributed by atoms with Gasteiger partial charge in [0.25, 0.3) is 11.1 Å². The molecule has 0 aliphatic heterocycles. The van der Waals surface area contributed by atoms with Crippen molar-refractivity contribution in [3.63, 3.8) is 0 Å². The van der Waals surface area contributed by atoms with Gasteiger partial charge in [0.15, 0.2) is 0 Å². The van der Waals surface area contributed by atoms with Crippen molar-refractivity contribution < 1.29 is 0 Å². The van der Waals surface area contributed by atoms with Gasteiger partial charge in [-0.2, -0.15) is 0 Å². The van der Waals surface area contributed by atoms with Gasteiger partial charge in [-0.3, -0.25) is 19.6 Å². The van der Waals surface area contributed by atoms with Crippen LogP contribution >= 0.6 is 0 Å². The van der Waals surface area contributed by atoms with E-state index in [0.717, 1.165) is 11.4 Å². The number of aromatic nitrogens is 4. The summed E-state index contributed by atoms with van der Waals surface area (Å²) in [5.74, 6) is 0.879. The summed E-state index contributed by atoms with van der Waals surface area (Å²) in [4.78, 5) is 36.7. The number of nitrogens with zero attached hydrogens (tertiary/aromatic N) is 2. The van der Waals surface area contributed by atoms with E-state index < -0.39 is 0 Å². The maximum atomic E-state index is 11.4. The predicted molar refractivity (Wildman–Crippen MR) is 85.5 cm³/mol. The predicted octanol–water partition coefficient (Wildman–Crippen LogP) is 0.502. The highest BCUT2D eigenvalue weighted by atomic mass is 16.1. The van der Waals surface area contributed by atoms with E-state index >= 15 is 0 Å². The van der Waals surface area contributed by atoms with Crippen LogP contribution < -0.4 is 21.8 Å². The minimum atomic E-state index is -0.177. The lowest BCUT2D eigenvalue weighted by Crippen LogP contribution is -2.21. The van der Waals surface area contributed by atoms with Crippen LogP contribution in [0.2, 0.25) is 0 Å². The van der Waals surface area contributed by atoms with Crippen molar-refractivity contribution in [3.05, 3.63) is 44.2 Å². The van der Waals surface area contributed by atoms with Crippen molar-refractivity contribution in [3.8, 4) is 0 Å². The first-order valence-electron chi connectivity index (χ1n) is 7.29.